The van der Waals surface area contributed by atoms with Crippen molar-refractivity contribution in [3.63, 3.8) is 0 Å². The van der Waals surface area contributed by atoms with Gasteiger partial charge in [-0.2, -0.15) is 0 Å². The van der Waals surface area contributed by atoms with Crippen LogP contribution < -0.4 is 10.0 Å². The number of aryl methyl sites for hydroxylation is 2. The second-order valence-corrected chi connectivity index (χ2v) is 10.7. The van der Waals surface area contributed by atoms with Crippen LogP contribution in [0.4, 0.5) is 11.4 Å². The summed E-state index contributed by atoms with van der Waals surface area (Å²) in [5.41, 5.74) is 3.84. The van der Waals surface area contributed by atoms with Crippen molar-refractivity contribution >= 4 is 50.5 Å². The van der Waals surface area contributed by atoms with Crippen LogP contribution in [0.15, 0.2) is 102 Å². The first-order chi connectivity index (χ1) is 17.3. The van der Waals surface area contributed by atoms with E-state index in [4.69, 9.17) is 23.2 Å². The van der Waals surface area contributed by atoms with E-state index in [0.717, 1.165) is 30.5 Å². The topological polar surface area (TPSA) is 75.3 Å². The molecule has 0 aliphatic carbocycles. The third-order valence-electron chi connectivity index (χ3n) is 5.60. The number of amides is 1. The lowest BCUT2D eigenvalue weighted by atomic mass is 10.0. The standard InChI is InChI=1S/C28H24Cl2N2O3S/c29-25-18-15-21(19-26(25)30)8-6-7-20-13-16-22(17-14-20)31-27-12-5-4-11-24(27)28(33)32-36(34,35)23-9-2-1-3-10-23/h1-5,9-19,31H,6-8H2,(H,32,33). The summed E-state index contributed by atoms with van der Waals surface area (Å²) >= 11 is 12.1. The van der Waals surface area contributed by atoms with E-state index < -0.39 is 15.9 Å². The molecule has 0 heterocycles. The second-order valence-electron chi connectivity index (χ2n) is 8.22. The van der Waals surface area contributed by atoms with Gasteiger partial charge in [-0.3, -0.25) is 4.79 Å². The minimum atomic E-state index is -3.98. The predicted molar refractivity (Wildman–Crippen MR) is 146 cm³/mol. The van der Waals surface area contributed by atoms with Crippen LogP contribution >= 0.6 is 23.2 Å². The van der Waals surface area contributed by atoms with Crippen molar-refractivity contribution in [2.45, 2.75) is 24.2 Å². The molecule has 5 nitrogen and oxygen atoms in total. The van der Waals surface area contributed by atoms with Gasteiger partial charge in [-0.05, 0) is 78.9 Å². The van der Waals surface area contributed by atoms with Crippen LogP contribution in [0.5, 0.6) is 0 Å². The van der Waals surface area contributed by atoms with Crippen molar-refractivity contribution in [3.05, 3.63) is 124 Å². The largest absolute Gasteiger partial charge is 0.355 e. The summed E-state index contributed by atoms with van der Waals surface area (Å²) in [6.07, 6.45) is 2.76. The number of para-hydroxylation sites is 1. The highest BCUT2D eigenvalue weighted by atomic mass is 35.5. The van der Waals surface area contributed by atoms with Crippen LogP contribution in [-0.2, 0) is 22.9 Å². The third kappa shape index (κ3) is 6.66. The van der Waals surface area contributed by atoms with Gasteiger partial charge in [-0.1, -0.05) is 71.7 Å². The molecule has 1 amide bonds. The summed E-state index contributed by atoms with van der Waals surface area (Å²) in [5.74, 6) is -0.708. The molecule has 0 radical (unpaired) electrons. The Balaban J connectivity index is 1.38. The molecule has 0 fully saturated rings. The van der Waals surface area contributed by atoms with Crippen LogP contribution in [-0.4, -0.2) is 14.3 Å². The molecule has 0 atom stereocenters. The monoisotopic (exact) mass is 538 g/mol. The number of nitrogens with one attached hydrogen (secondary N) is 2. The van der Waals surface area contributed by atoms with Gasteiger partial charge >= 0.3 is 0 Å². The van der Waals surface area contributed by atoms with E-state index in [9.17, 15) is 13.2 Å². The second kappa shape index (κ2) is 11.6. The summed E-state index contributed by atoms with van der Waals surface area (Å²) < 4.78 is 27.3. The molecule has 0 saturated carbocycles. The molecule has 2 N–H and O–H groups in total. The molecule has 0 aliphatic rings. The van der Waals surface area contributed by atoms with Crippen LogP contribution in [0.3, 0.4) is 0 Å². The molecule has 4 aromatic rings. The van der Waals surface area contributed by atoms with Crippen molar-refractivity contribution in [1.29, 1.82) is 0 Å². The number of halogens is 2. The van der Waals surface area contributed by atoms with Crippen molar-refractivity contribution in [3.8, 4) is 0 Å². The van der Waals surface area contributed by atoms with Gasteiger partial charge in [0.25, 0.3) is 15.9 Å². The SMILES string of the molecule is O=C(NS(=O)(=O)c1ccccc1)c1ccccc1Nc1ccc(CCCc2ccc(Cl)c(Cl)c2)cc1. The molecule has 8 heteroatoms. The minimum absolute atomic E-state index is 0.0264. The van der Waals surface area contributed by atoms with Gasteiger partial charge in [-0.25, -0.2) is 13.1 Å². The van der Waals surface area contributed by atoms with E-state index in [1.807, 2.05) is 42.5 Å². The fraction of sp³-hybridized carbons (Fsp3) is 0.107. The first kappa shape index (κ1) is 25.8. The Morgan fingerprint density at radius 1 is 0.722 bits per heavy atom. The molecule has 0 aliphatic heterocycles. The summed E-state index contributed by atoms with van der Waals surface area (Å²) in [4.78, 5) is 12.9. The molecule has 0 bridgehead atoms. The molecule has 0 saturated heterocycles. The van der Waals surface area contributed by atoms with Crippen LogP contribution in [0.2, 0.25) is 10.0 Å². The molecular formula is C28H24Cl2N2O3S. The Labute approximate surface area is 221 Å². The lowest BCUT2D eigenvalue weighted by Crippen LogP contribution is -2.31. The normalized spacial score (nSPS) is 11.2. The zero-order valence-electron chi connectivity index (χ0n) is 19.2. The number of anilines is 2. The molecular weight excluding hydrogens is 515 g/mol. The molecule has 36 heavy (non-hydrogen) atoms. The average molecular weight is 539 g/mol. The first-order valence-electron chi connectivity index (χ1n) is 11.3. The van der Waals surface area contributed by atoms with E-state index in [2.05, 4.69) is 10.0 Å². The van der Waals surface area contributed by atoms with Gasteiger partial charge < -0.3 is 5.32 Å². The van der Waals surface area contributed by atoms with E-state index >= 15 is 0 Å². The maximum atomic E-state index is 12.8. The number of hydrogen-bond acceptors (Lipinski definition) is 4. The third-order valence-corrected chi connectivity index (χ3v) is 7.69. The highest BCUT2D eigenvalue weighted by Crippen LogP contribution is 2.24. The smallest absolute Gasteiger partial charge is 0.267 e. The Hall–Kier alpha value is -3.32. The maximum Gasteiger partial charge on any atom is 0.267 e. The first-order valence-corrected chi connectivity index (χ1v) is 13.6. The maximum absolute atomic E-state index is 12.8. The van der Waals surface area contributed by atoms with Crippen molar-refractivity contribution in [1.82, 2.24) is 4.72 Å². The summed E-state index contributed by atoms with van der Waals surface area (Å²) in [6, 6.07) is 28.2. The summed E-state index contributed by atoms with van der Waals surface area (Å²) in [6.45, 7) is 0. The van der Waals surface area contributed by atoms with Gasteiger partial charge in [0.2, 0.25) is 0 Å². The molecule has 184 valence electrons. The van der Waals surface area contributed by atoms with Crippen molar-refractivity contribution in [2.24, 2.45) is 0 Å². The van der Waals surface area contributed by atoms with E-state index in [-0.39, 0.29) is 10.5 Å². The van der Waals surface area contributed by atoms with Crippen LogP contribution in [0, 0.1) is 0 Å². The molecule has 0 aromatic heterocycles. The lowest BCUT2D eigenvalue weighted by Gasteiger charge is -2.13. The van der Waals surface area contributed by atoms with Gasteiger partial charge in [0.1, 0.15) is 0 Å². The quantitative estimate of drug-likeness (QED) is 0.240. The number of carbonyl (C=O) groups excluding carboxylic acids is 1. The lowest BCUT2D eigenvalue weighted by molar-refractivity contribution is 0.0982. The molecule has 4 aromatic carbocycles. The highest BCUT2D eigenvalue weighted by Gasteiger charge is 2.20. The van der Waals surface area contributed by atoms with Crippen molar-refractivity contribution in [2.75, 3.05) is 5.32 Å². The zero-order valence-corrected chi connectivity index (χ0v) is 21.6. The molecule has 0 spiro atoms. The predicted octanol–water partition coefficient (Wildman–Crippen LogP) is 7.03. The van der Waals surface area contributed by atoms with Crippen LogP contribution in [0.1, 0.15) is 27.9 Å². The summed E-state index contributed by atoms with van der Waals surface area (Å²) in [7, 11) is -3.98. The Bertz CT molecular complexity index is 1460. The number of rotatable bonds is 9. The van der Waals surface area contributed by atoms with E-state index in [1.165, 1.54) is 17.7 Å². The minimum Gasteiger partial charge on any atom is -0.355 e. The van der Waals surface area contributed by atoms with E-state index in [1.54, 1.807) is 42.5 Å². The Kier molecular flexibility index (Phi) is 8.31. The fourth-order valence-electron chi connectivity index (χ4n) is 3.73. The number of carbonyl (C=O) groups is 1. The van der Waals surface area contributed by atoms with Gasteiger partial charge in [-0.15, -0.1) is 0 Å². The molecule has 4 rings (SSSR count). The zero-order chi connectivity index (χ0) is 25.5. The van der Waals surface area contributed by atoms with Gasteiger partial charge in [0.05, 0.1) is 26.2 Å². The summed E-state index contributed by atoms with van der Waals surface area (Å²) in [5, 5.41) is 4.34. The number of benzene rings is 4. The van der Waals surface area contributed by atoms with E-state index in [0.29, 0.717) is 15.7 Å². The number of sulfonamides is 1. The molecule has 0 unspecified atom stereocenters. The number of hydrogen-bond donors (Lipinski definition) is 2. The Morgan fingerprint density at radius 3 is 2.08 bits per heavy atom. The van der Waals surface area contributed by atoms with Crippen molar-refractivity contribution < 1.29 is 13.2 Å². The van der Waals surface area contributed by atoms with Gasteiger partial charge in [0.15, 0.2) is 0 Å². The van der Waals surface area contributed by atoms with Gasteiger partial charge in [0, 0.05) is 5.69 Å². The fourth-order valence-corrected chi connectivity index (χ4v) is 5.04. The average Bonchev–Trinajstić information content (AvgIpc) is 2.88. The van der Waals surface area contributed by atoms with Crippen LogP contribution in [0.25, 0.3) is 0 Å². The Morgan fingerprint density at radius 2 is 1.36 bits per heavy atom. The highest BCUT2D eigenvalue weighted by molar-refractivity contribution is 7.90.